The summed E-state index contributed by atoms with van der Waals surface area (Å²) < 4.78 is 20.6. The molecule has 11 heteroatoms. The fourth-order valence-electron chi connectivity index (χ4n) is 7.59. The molecule has 2 fully saturated rings. The SMILES string of the molecule is Cc1ccc(-c2c([C@H](OC(C)(C)C)C(=O)O)c(C)c3c4c2cc(-c2nnc(N5CCN(C6CCOCC6)CC5)o2)n4CCN3C)cc1. The molecule has 250 valence electrons. The predicted octanol–water partition coefficient (Wildman–Crippen LogP) is 5.67. The van der Waals surface area contributed by atoms with E-state index in [9.17, 15) is 9.90 Å². The molecule has 1 atom stereocenters. The normalized spacial score (nSPS) is 18.7. The fraction of sp³-hybridized carbons (Fsp3) is 0.528. The second-order valence-electron chi connectivity index (χ2n) is 14.2. The van der Waals surface area contributed by atoms with Gasteiger partial charge in [0.1, 0.15) is 5.69 Å². The number of carbonyl (C=O) groups is 1. The molecule has 47 heavy (non-hydrogen) atoms. The highest BCUT2D eigenvalue weighted by atomic mass is 16.5. The molecule has 0 aliphatic carbocycles. The van der Waals surface area contributed by atoms with E-state index in [4.69, 9.17) is 13.9 Å². The number of nitrogens with zero attached hydrogens (tertiary/aromatic N) is 6. The summed E-state index contributed by atoms with van der Waals surface area (Å²) in [7, 11) is 2.07. The van der Waals surface area contributed by atoms with Gasteiger partial charge in [-0.05, 0) is 70.2 Å². The standard InChI is InChI=1S/C36H46N6O5/c1-22-7-9-24(10-8-22)29-26-21-27(33-37-38-35(46-33)41-16-14-40(15-17-41)25-11-19-45-20-12-25)42-18-13-39(6)30(31(26)42)23(2)28(29)32(34(43)44)47-36(3,4)5/h7-10,21,25,32H,11-20H2,1-6H3,(H,43,44)/t32-/m0/s1. The van der Waals surface area contributed by atoms with E-state index < -0.39 is 17.7 Å². The average Bonchev–Trinajstić information content (AvgIpc) is 3.69. The van der Waals surface area contributed by atoms with Gasteiger partial charge >= 0.3 is 12.0 Å². The Morgan fingerprint density at radius 3 is 2.36 bits per heavy atom. The summed E-state index contributed by atoms with van der Waals surface area (Å²) in [5.74, 6) is -0.548. The molecular formula is C36H46N6O5. The maximum atomic E-state index is 13.0. The summed E-state index contributed by atoms with van der Waals surface area (Å²) >= 11 is 0. The van der Waals surface area contributed by atoms with Crippen LogP contribution in [0.3, 0.4) is 0 Å². The summed E-state index contributed by atoms with van der Waals surface area (Å²) in [6, 6.07) is 11.5. The van der Waals surface area contributed by atoms with E-state index in [1.54, 1.807) is 0 Å². The minimum absolute atomic E-state index is 0.466. The van der Waals surface area contributed by atoms with Gasteiger partial charge in [0.2, 0.25) is 0 Å². The van der Waals surface area contributed by atoms with E-state index in [0.29, 0.717) is 23.5 Å². The molecular weight excluding hydrogens is 596 g/mol. The first-order valence-electron chi connectivity index (χ1n) is 16.8. The lowest BCUT2D eigenvalue weighted by Crippen LogP contribution is -2.51. The number of likely N-dealkylation sites (N-methyl/N-ethyl adjacent to an activating group) is 1. The van der Waals surface area contributed by atoms with E-state index in [0.717, 1.165) is 110 Å². The van der Waals surface area contributed by atoms with Crippen LogP contribution in [0.15, 0.2) is 34.7 Å². The van der Waals surface area contributed by atoms with E-state index in [1.165, 1.54) is 0 Å². The van der Waals surface area contributed by atoms with Crippen LogP contribution < -0.4 is 9.80 Å². The van der Waals surface area contributed by atoms with Gasteiger partial charge in [-0.25, -0.2) is 4.79 Å². The zero-order valence-electron chi connectivity index (χ0n) is 28.4. The summed E-state index contributed by atoms with van der Waals surface area (Å²) in [5, 5.41) is 20.7. The number of piperazine rings is 1. The Morgan fingerprint density at radius 2 is 1.70 bits per heavy atom. The van der Waals surface area contributed by atoms with Crippen molar-refractivity contribution in [1.82, 2.24) is 19.7 Å². The van der Waals surface area contributed by atoms with Crippen LogP contribution in [0.25, 0.3) is 33.6 Å². The minimum atomic E-state index is -1.16. The van der Waals surface area contributed by atoms with Crippen LogP contribution in [0.4, 0.5) is 11.7 Å². The number of hydrogen-bond acceptors (Lipinski definition) is 9. The van der Waals surface area contributed by atoms with Crippen molar-refractivity contribution in [2.75, 3.05) is 62.8 Å². The maximum Gasteiger partial charge on any atom is 0.337 e. The molecule has 3 aliphatic rings. The number of aryl methyl sites for hydroxylation is 1. The largest absolute Gasteiger partial charge is 0.479 e. The Balaban J connectivity index is 1.34. The van der Waals surface area contributed by atoms with E-state index in [-0.39, 0.29) is 0 Å². The first-order valence-corrected chi connectivity index (χ1v) is 16.8. The van der Waals surface area contributed by atoms with Crippen molar-refractivity contribution in [3.05, 3.63) is 47.0 Å². The van der Waals surface area contributed by atoms with Gasteiger partial charge < -0.3 is 33.4 Å². The van der Waals surface area contributed by atoms with Crippen LogP contribution in [0.1, 0.15) is 56.4 Å². The van der Waals surface area contributed by atoms with Gasteiger partial charge in [0.15, 0.2) is 6.10 Å². The second kappa shape index (κ2) is 12.3. The van der Waals surface area contributed by atoms with Crippen molar-refractivity contribution in [3.8, 4) is 22.7 Å². The third kappa shape index (κ3) is 5.89. The number of aliphatic carboxylic acids is 1. The smallest absolute Gasteiger partial charge is 0.337 e. The highest BCUT2D eigenvalue weighted by Gasteiger charge is 2.36. The summed E-state index contributed by atoms with van der Waals surface area (Å²) in [6.07, 6.45) is 1.02. The molecule has 1 N–H and O–H groups in total. The van der Waals surface area contributed by atoms with Crippen molar-refractivity contribution in [2.45, 2.75) is 71.8 Å². The number of benzene rings is 2. The highest BCUT2D eigenvalue weighted by Crippen LogP contribution is 2.49. The third-order valence-corrected chi connectivity index (χ3v) is 9.88. The van der Waals surface area contributed by atoms with Gasteiger partial charge in [0, 0.05) is 76.5 Å². The summed E-state index contributed by atoms with van der Waals surface area (Å²) in [6.45, 7) is 16.5. The number of aromatic nitrogens is 3. The fourth-order valence-corrected chi connectivity index (χ4v) is 7.59. The zero-order valence-corrected chi connectivity index (χ0v) is 28.4. The molecule has 11 nitrogen and oxygen atoms in total. The van der Waals surface area contributed by atoms with Gasteiger partial charge in [-0.15, -0.1) is 5.10 Å². The van der Waals surface area contributed by atoms with Crippen molar-refractivity contribution < 1.29 is 23.8 Å². The van der Waals surface area contributed by atoms with Crippen LogP contribution in [0, 0.1) is 13.8 Å². The van der Waals surface area contributed by atoms with E-state index >= 15 is 0 Å². The molecule has 0 spiro atoms. The second-order valence-corrected chi connectivity index (χ2v) is 14.2. The quantitative estimate of drug-likeness (QED) is 0.271. The molecule has 0 radical (unpaired) electrons. The lowest BCUT2D eigenvalue weighted by Gasteiger charge is -2.40. The Morgan fingerprint density at radius 1 is 1.00 bits per heavy atom. The van der Waals surface area contributed by atoms with Crippen molar-refractivity contribution in [1.29, 1.82) is 0 Å². The Bertz CT molecular complexity index is 1770. The summed E-state index contributed by atoms with van der Waals surface area (Å²) in [4.78, 5) is 19.9. The number of carboxylic acids is 1. The lowest BCUT2D eigenvalue weighted by atomic mass is 9.87. The molecule has 3 aliphatic heterocycles. The third-order valence-electron chi connectivity index (χ3n) is 9.88. The van der Waals surface area contributed by atoms with Crippen molar-refractivity contribution in [3.63, 3.8) is 0 Å². The molecule has 5 heterocycles. The first kappa shape index (κ1) is 31.7. The average molecular weight is 643 g/mol. The molecule has 0 amide bonds. The lowest BCUT2D eigenvalue weighted by molar-refractivity contribution is -0.160. The molecule has 4 aromatic rings. The van der Waals surface area contributed by atoms with Gasteiger partial charge in [-0.3, -0.25) is 4.90 Å². The molecule has 2 aromatic carbocycles. The Kier molecular flexibility index (Phi) is 8.26. The van der Waals surface area contributed by atoms with Gasteiger partial charge in [-0.1, -0.05) is 34.9 Å². The zero-order chi connectivity index (χ0) is 33.0. The van der Waals surface area contributed by atoms with Crippen molar-refractivity contribution in [2.24, 2.45) is 0 Å². The molecule has 2 aromatic heterocycles. The van der Waals surface area contributed by atoms with E-state index in [1.807, 2.05) is 27.7 Å². The molecule has 0 unspecified atom stereocenters. The molecule has 0 saturated carbocycles. The number of ether oxygens (including phenoxy) is 2. The maximum absolute atomic E-state index is 13.0. The minimum Gasteiger partial charge on any atom is -0.479 e. The van der Waals surface area contributed by atoms with Crippen LogP contribution in [0.5, 0.6) is 0 Å². The molecule has 2 saturated heterocycles. The Hall–Kier alpha value is -3.93. The molecule has 7 rings (SSSR count). The van der Waals surface area contributed by atoms with E-state index in [2.05, 4.69) is 73.8 Å². The van der Waals surface area contributed by atoms with Crippen LogP contribution in [0.2, 0.25) is 0 Å². The van der Waals surface area contributed by atoms with Gasteiger partial charge in [0.05, 0.1) is 16.8 Å². The monoisotopic (exact) mass is 642 g/mol. The van der Waals surface area contributed by atoms with Crippen LogP contribution in [-0.4, -0.2) is 95.4 Å². The topological polar surface area (TPSA) is 109 Å². The number of rotatable bonds is 7. The van der Waals surface area contributed by atoms with Gasteiger partial charge in [0.25, 0.3) is 5.89 Å². The highest BCUT2D eigenvalue weighted by molar-refractivity contribution is 6.09. The molecule has 0 bridgehead atoms. The van der Waals surface area contributed by atoms with Crippen molar-refractivity contribution >= 4 is 28.6 Å². The number of carboxylic acid groups (broad SMARTS) is 1. The van der Waals surface area contributed by atoms with Gasteiger partial charge in [-0.2, -0.15) is 0 Å². The van der Waals surface area contributed by atoms with Crippen LogP contribution >= 0.6 is 0 Å². The summed E-state index contributed by atoms with van der Waals surface area (Å²) in [5.41, 5.74) is 6.69. The number of anilines is 2. The number of hydrogen-bond donors (Lipinski definition) is 1. The Labute approximate surface area is 276 Å². The van der Waals surface area contributed by atoms with Crippen LogP contribution in [-0.2, 0) is 20.8 Å². The predicted molar refractivity (Wildman–Crippen MR) is 182 cm³/mol. The first-order chi connectivity index (χ1) is 22.5.